The van der Waals surface area contributed by atoms with E-state index in [0.29, 0.717) is 25.7 Å². The smallest absolute Gasteiger partial charge is 0.462 e. The van der Waals surface area contributed by atoms with E-state index in [-0.39, 0.29) is 25.7 Å². The second-order valence-electron chi connectivity index (χ2n) is 24.5. The normalized spacial score (nSPS) is 14.7. The van der Waals surface area contributed by atoms with Gasteiger partial charge in [0.05, 0.1) is 26.4 Å². The largest absolute Gasteiger partial charge is 0.472 e. The van der Waals surface area contributed by atoms with Crippen molar-refractivity contribution in [3.63, 3.8) is 0 Å². The maximum absolute atomic E-state index is 13.1. The summed E-state index contributed by atoms with van der Waals surface area (Å²) in [5.41, 5.74) is 0. The minimum absolute atomic E-state index is 0.0651. The summed E-state index contributed by atoms with van der Waals surface area (Å²) in [5, 5.41) is 10.6. The summed E-state index contributed by atoms with van der Waals surface area (Å²) in [6.07, 6.45) is 77.4. The highest BCUT2D eigenvalue weighted by atomic mass is 31.2. The highest BCUT2D eigenvalue weighted by Crippen LogP contribution is 2.45. The molecule has 5 atom stereocenters. The molecule has 0 saturated carbocycles. The number of allylic oxidation sites excluding steroid dienone is 22. The quantitative estimate of drug-likeness (QED) is 0.0169. The number of aliphatic hydroxyl groups excluding tert-OH is 1. The molecule has 5 unspecified atom stereocenters. The number of hydrogen-bond acceptors (Lipinski definition) is 15. The van der Waals surface area contributed by atoms with Crippen molar-refractivity contribution in [3.8, 4) is 0 Å². The van der Waals surface area contributed by atoms with Gasteiger partial charge in [0.1, 0.15) is 19.3 Å². The van der Waals surface area contributed by atoms with Gasteiger partial charge in [-0.3, -0.25) is 37.3 Å². The van der Waals surface area contributed by atoms with Gasteiger partial charge in [0.15, 0.2) is 12.2 Å². The molecule has 0 amide bonds. The first-order chi connectivity index (χ1) is 47.7. The number of aliphatic hydroxyl groups is 1. The lowest BCUT2D eigenvalue weighted by Gasteiger charge is -2.21. The third-order valence-corrected chi connectivity index (χ3v) is 17.0. The molecule has 0 fully saturated rings. The molecule has 0 saturated heterocycles. The number of carbonyl (C=O) groups is 4. The van der Waals surface area contributed by atoms with Gasteiger partial charge in [0.2, 0.25) is 0 Å². The second kappa shape index (κ2) is 70.6. The Morgan fingerprint density at radius 2 is 0.551 bits per heavy atom. The van der Waals surface area contributed by atoms with Crippen LogP contribution in [0.1, 0.15) is 285 Å². The lowest BCUT2D eigenvalue weighted by Crippen LogP contribution is -2.30. The zero-order chi connectivity index (χ0) is 71.8. The van der Waals surface area contributed by atoms with Crippen LogP contribution in [0.4, 0.5) is 0 Å². The van der Waals surface area contributed by atoms with Gasteiger partial charge >= 0.3 is 39.5 Å². The van der Waals surface area contributed by atoms with Crippen molar-refractivity contribution < 1.29 is 80.2 Å². The van der Waals surface area contributed by atoms with E-state index in [4.69, 9.17) is 37.0 Å². The average molecular weight is 1420 g/mol. The Labute approximate surface area is 593 Å². The van der Waals surface area contributed by atoms with Crippen LogP contribution in [0.25, 0.3) is 0 Å². The van der Waals surface area contributed by atoms with E-state index in [0.717, 1.165) is 167 Å². The average Bonchev–Trinajstić information content (AvgIpc) is 0.959. The summed E-state index contributed by atoms with van der Waals surface area (Å²) >= 11 is 0. The highest BCUT2D eigenvalue weighted by molar-refractivity contribution is 7.47. The third-order valence-electron chi connectivity index (χ3n) is 15.1. The standard InChI is InChI=1S/C79H132O17P2/c1-5-9-13-17-21-25-29-33-36-40-43-47-51-55-59-63-76(81)89-69-74(95-78(83)65-61-57-53-49-45-39-32-28-24-20-16-12-8-4)71-93-97(85,86)91-67-73(80)68-92-98(87,88)94-72-75(96-79(84)66-62-58-54-50-46-42-38-35-31-27-23-19-15-11-7-3)70-90-77(82)64-60-56-52-48-44-41-37-34-30-26-22-18-14-10-6-2/h9-10,13-14,16,20-22,25-26,28,32-38,43-44,47-48,73-75,80H,5-8,11-12,15,17-19,23-24,27,29-31,39-42,45-46,49-72H2,1-4H3,(H,85,86)(H,87,88)/b13-9-,14-10-,20-16-,25-21-,26-22-,32-28-,36-33-,37-34-,38-35-,47-43-,48-44-. The van der Waals surface area contributed by atoms with Crippen LogP contribution in [0.3, 0.4) is 0 Å². The van der Waals surface area contributed by atoms with E-state index in [1.165, 1.54) is 38.5 Å². The fraction of sp³-hybridized carbons (Fsp3) is 0.671. The molecule has 19 heteroatoms. The number of phosphoric ester groups is 2. The maximum atomic E-state index is 13.1. The van der Waals surface area contributed by atoms with Gasteiger partial charge in [-0.25, -0.2) is 9.13 Å². The van der Waals surface area contributed by atoms with Gasteiger partial charge in [0.25, 0.3) is 0 Å². The molecule has 0 aromatic rings. The van der Waals surface area contributed by atoms with Crippen LogP contribution >= 0.6 is 15.6 Å². The molecule has 98 heavy (non-hydrogen) atoms. The summed E-state index contributed by atoms with van der Waals surface area (Å²) in [6.45, 7) is 4.44. The van der Waals surface area contributed by atoms with Gasteiger partial charge in [-0.2, -0.15) is 0 Å². The van der Waals surface area contributed by atoms with Gasteiger partial charge < -0.3 is 33.8 Å². The predicted molar refractivity (Wildman–Crippen MR) is 399 cm³/mol. The van der Waals surface area contributed by atoms with E-state index >= 15 is 0 Å². The number of phosphoric acid groups is 2. The Hall–Kier alpha value is -4.80. The van der Waals surface area contributed by atoms with Crippen molar-refractivity contribution in [2.75, 3.05) is 39.6 Å². The molecule has 0 aliphatic carbocycles. The lowest BCUT2D eigenvalue weighted by molar-refractivity contribution is -0.161. The zero-order valence-corrected chi connectivity index (χ0v) is 62.7. The van der Waals surface area contributed by atoms with Crippen molar-refractivity contribution in [2.45, 2.75) is 303 Å². The van der Waals surface area contributed by atoms with Crippen molar-refractivity contribution in [1.29, 1.82) is 0 Å². The Bertz CT molecular complexity index is 2380. The number of hydrogen-bond donors (Lipinski definition) is 3. The van der Waals surface area contributed by atoms with E-state index in [2.05, 4.69) is 161 Å². The minimum atomic E-state index is -4.99. The molecule has 0 radical (unpaired) electrons. The number of unbranched alkanes of at least 4 members (excludes halogenated alkanes) is 21. The maximum Gasteiger partial charge on any atom is 0.472 e. The van der Waals surface area contributed by atoms with Crippen LogP contribution in [0, 0.1) is 0 Å². The summed E-state index contributed by atoms with van der Waals surface area (Å²) in [6, 6.07) is 0. The number of carbonyl (C=O) groups excluding carboxylic acids is 4. The molecular weight excluding hydrogens is 1280 g/mol. The molecule has 0 aliphatic rings. The van der Waals surface area contributed by atoms with Crippen molar-refractivity contribution in [2.24, 2.45) is 0 Å². The molecule has 0 heterocycles. The number of ether oxygens (including phenoxy) is 4. The van der Waals surface area contributed by atoms with Crippen LogP contribution in [0.15, 0.2) is 134 Å². The molecule has 560 valence electrons. The van der Waals surface area contributed by atoms with E-state index in [9.17, 15) is 43.2 Å². The summed E-state index contributed by atoms with van der Waals surface area (Å²) in [7, 11) is -9.98. The van der Waals surface area contributed by atoms with Crippen LogP contribution < -0.4 is 0 Å². The van der Waals surface area contributed by atoms with E-state index < -0.39 is 97.5 Å². The molecule has 17 nitrogen and oxygen atoms in total. The number of rotatable bonds is 69. The van der Waals surface area contributed by atoms with Crippen LogP contribution in [-0.4, -0.2) is 96.7 Å². The molecule has 0 bridgehead atoms. The molecular formula is C79H132O17P2. The monoisotopic (exact) mass is 1410 g/mol. The Kier molecular flexibility index (Phi) is 67.2. The van der Waals surface area contributed by atoms with Gasteiger partial charge in [-0.1, -0.05) is 238 Å². The Morgan fingerprint density at radius 1 is 0.296 bits per heavy atom. The Morgan fingerprint density at radius 3 is 0.888 bits per heavy atom. The molecule has 0 aliphatic heterocycles. The van der Waals surface area contributed by atoms with Crippen molar-refractivity contribution in [1.82, 2.24) is 0 Å². The molecule has 0 aromatic carbocycles. The first kappa shape index (κ1) is 93.2. The minimum Gasteiger partial charge on any atom is -0.462 e. The SMILES string of the molecule is CC/C=C\C/C=C\C/C=C\C/C=C\CCCCC(=O)OCC(COP(=O)(O)OCC(O)COP(=O)(O)OCC(COC(=O)CCCC/C=C\C/C=C\C/C=C\C/C=C\CC)OC(=O)CCCCCCC/C=C\CCCCCCCC)OC(=O)CCCCCCC/C=C\C/C=C\CCC. The second-order valence-corrected chi connectivity index (χ2v) is 27.4. The fourth-order valence-corrected chi connectivity index (χ4v) is 11.0. The van der Waals surface area contributed by atoms with Crippen LogP contribution in [0.2, 0.25) is 0 Å². The van der Waals surface area contributed by atoms with Crippen molar-refractivity contribution in [3.05, 3.63) is 134 Å². The van der Waals surface area contributed by atoms with Gasteiger partial charge in [-0.15, -0.1) is 0 Å². The molecule has 0 spiro atoms. The first-order valence-corrected chi connectivity index (χ1v) is 40.4. The first-order valence-electron chi connectivity index (χ1n) is 37.4. The van der Waals surface area contributed by atoms with E-state index in [1.54, 1.807) is 0 Å². The van der Waals surface area contributed by atoms with Crippen LogP contribution in [0.5, 0.6) is 0 Å². The Balaban J connectivity index is 5.44. The molecule has 3 N–H and O–H groups in total. The van der Waals surface area contributed by atoms with Crippen LogP contribution in [-0.2, 0) is 65.4 Å². The number of esters is 4. The predicted octanol–water partition coefficient (Wildman–Crippen LogP) is 21.3. The zero-order valence-electron chi connectivity index (χ0n) is 60.9. The summed E-state index contributed by atoms with van der Waals surface area (Å²) in [5.74, 6) is -2.30. The van der Waals surface area contributed by atoms with Crippen molar-refractivity contribution >= 4 is 39.5 Å². The summed E-state index contributed by atoms with van der Waals surface area (Å²) < 4.78 is 68.3. The summed E-state index contributed by atoms with van der Waals surface area (Å²) in [4.78, 5) is 72.8. The highest BCUT2D eigenvalue weighted by Gasteiger charge is 2.30. The topological polar surface area (TPSA) is 237 Å². The molecule has 0 aromatic heterocycles. The molecule has 0 rings (SSSR count). The third kappa shape index (κ3) is 69.7. The van der Waals surface area contributed by atoms with Gasteiger partial charge in [-0.05, 0) is 154 Å². The van der Waals surface area contributed by atoms with E-state index in [1.807, 2.05) is 0 Å². The fourth-order valence-electron chi connectivity index (χ4n) is 9.41. The lowest BCUT2D eigenvalue weighted by atomic mass is 10.1. The van der Waals surface area contributed by atoms with Gasteiger partial charge in [0, 0.05) is 25.7 Å².